The number of amidine groups is 1. The maximum absolute atomic E-state index is 7.48. The van der Waals surface area contributed by atoms with E-state index in [9.17, 15) is 0 Å². The fourth-order valence-corrected chi connectivity index (χ4v) is 3.97. The molecule has 1 aliphatic heterocycles. The summed E-state index contributed by atoms with van der Waals surface area (Å²) < 4.78 is 0. The average Bonchev–Trinajstić information content (AvgIpc) is 2.51. The van der Waals surface area contributed by atoms with Crippen LogP contribution in [0.25, 0.3) is 0 Å². The molecule has 1 aromatic rings. The summed E-state index contributed by atoms with van der Waals surface area (Å²) in [5, 5.41) is 7.48. The Bertz CT molecular complexity index is 495. The number of nitrogen functional groups attached to an aromatic ring is 1. The van der Waals surface area contributed by atoms with Crippen molar-refractivity contribution in [2.24, 2.45) is 11.1 Å². The molecule has 21 heavy (non-hydrogen) atoms. The van der Waals surface area contributed by atoms with Gasteiger partial charge in [-0.25, -0.2) is 0 Å². The third-order valence-electron chi connectivity index (χ3n) is 5.34. The molecule has 3 rings (SSSR count). The van der Waals surface area contributed by atoms with Crippen molar-refractivity contribution < 1.29 is 0 Å². The van der Waals surface area contributed by atoms with E-state index in [0.717, 1.165) is 6.54 Å². The predicted octanol–water partition coefficient (Wildman–Crippen LogP) is 2.91. The number of aromatic nitrogens is 1. The highest BCUT2D eigenvalue weighted by molar-refractivity contribution is 5.93. The molecule has 0 unspecified atom stereocenters. The van der Waals surface area contributed by atoms with Gasteiger partial charge >= 0.3 is 0 Å². The number of hydrogen-bond acceptors (Lipinski definition) is 3. The number of nitrogens with one attached hydrogen (secondary N) is 1. The van der Waals surface area contributed by atoms with Crippen LogP contribution >= 0.6 is 0 Å². The molecule has 114 valence electrons. The van der Waals surface area contributed by atoms with Gasteiger partial charge in [0, 0.05) is 12.7 Å². The number of piperidine rings is 1. The summed E-state index contributed by atoms with van der Waals surface area (Å²) >= 11 is 0. The van der Waals surface area contributed by atoms with Crippen LogP contribution in [0.1, 0.15) is 56.2 Å². The molecular formula is C17H26N4. The average molecular weight is 286 g/mol. The maximum atomic E-state index is 7.48. The van der Waals surface area contributed by atoms with Crippen LogP contribution in [-0.2, 0) is 6.54 Å². The van der Waals surface area contributed by atoms with E-state index in [2.05, 4.69) is 9.88 Å². The zero-order chi connectivity index (χ0) is 14.7. The molecule has 1 saturated heterocycles. The number of rotatable bonds is 3. The van der Waals surface area contributed by atoms with E-state index in [0.29, 0.717) is 11.1 Å². The summed E-state index contributed by atoms with van der Waals surface area (Å²) in [5.41, 5.74) is 7.99. The van der Waals surface area contributed by atoms with Crippen molar-refractivity contribution in [2.75, 3.05) is 13.1 Å². The normalized spacial score (nSPS) is 22.3. The number of nitrogens with zero attached hydrogens (tertiary/aromatic N) is 2. The van der Waals surface area contributed by atoms with Gasteiger partial charge in [-0.05, 0) is 61.9 Å². The lowest BCUT2D eigenvalue weighted by molar-refractivity contribution is 0.0641. The van der Waals surface area contributed by atoms with Gasteiger partial charge in [0.2, 0.25) is 0 Å². The number of hydrogen-bond donors (Lipinski definition) is 2. The molecule has 1 aromatic heterocycles. The Balaban J connectivity index is 1.57. The molecule has 2 aliphatic rings. The Morgan fingerprint density at radius 3 is 2.57 bits per heavy atom. The van der Waals surface area contributed by atoms with Crippen molar-refractivity contribution in [3.05, 3.63) is 29.6 Å². The maximum Gasteiger partial charge on any atom is 0.141 e. The monoisotopic (exact) mass is 286 g/mol. The second kappa shape index (κ2) is 6.14. The highest BCUT2D eigenvalue weighted by atomic mass is 15.1. The largest absolute Gasteiger partial charge is 0.382 e. The molecule has 0 radical (unpaired) electrons. The zero-order valence-electron chi connectivity index (χ0n) is 12.8. The summed E-state index contributed by atoms with van der Waals surface area (Å²) in [6, 6.07) is 3.99. The van der Waals surface area contributed by atoms with Crippen LogP contribution in [0.15, 0.2) is 18.3 Å². The lowest BCUT2D eigenvalue weighted by atomic mass is 9.68. The Morgan fingerprint density at radius 2 is 1.90 bits per heavy atom. The van der Waals surface area contributed by atoms with Crippen LogP contribution in [0.2, 0.25) is 0 Å². The minimum absolute atomic E-state index is 0.0525. The third-order valence-corrected chi connectivity index (χ3v) is 5.34. The molecule has 3 N–H and O–H groups in total. The molecule has 1 spiro atoms. The first-order valence-electron chi connectivity index (χ1n) is 8.19. The predicted molar refractivity (Wildman–Crippen MR) is 85.3 cm³/mol. The van der Waals surface area contributed by atoms with Gasteiger partial charge in [0.1, 0.15) is 11.5 Å². The smallest absolute Gasteiger partial charge is 0.141 e. The highest BCUT2D eigenvalue weighted by Crippen LogP contribution is 2.44. The van der Waals surface area contributed by atoms with E-state index in [1.807, 2.05) is 12.1 Å². The first-order chi connectivity index (χ1) is 10.2. The van der Waals surface area contributed by atoms with Crippen LogP contribution in [0, 0.1) is 10.8 Å². The van der Waals surface area contributed by atoms with Crippen molar-refractivity contribution in [1.82, 2.24) is 9.88 Å². The Morgan fingerprint density at radius 1 is 1.19 bits per heavy atom. The molecule has 1 saturated carbocycles. The molecule has 2 fully saturated rings. The van der Waals surface area contributed by atoms with E-state index in [-0.39, 0.29) is 5.84 Å². The van der Waals surface area contributed by atoms with Crippen LogP contribution in [0.4, 0.5) is 0 Å². The fourth-order valence-electron chi connectivity index (χ4n) is 3.97. The van der Waals surface area contributed by atoms with Gasteiger partial charge in [0.25, 0.3) is 0 Å². The van der Waals surface area contributed by atoms with E-state index < -0.39 is 0 Å². The molecular weight excluding hydrogens is 260 g/mol. The molecule has 0 amide bonds. The standard InChI is InChI=1S/C17H26N4/c18-16(19)15-12-14(4-9-20-15)13-21-10-7-17(8-11-21)5-2-1-3-6-17/h4,9,12H,1-3,5-8,10-11,13H2,(H3,18,19). The zero-order valence-corrected chi connectivity index (χ0v) is 12.8. The van der Waals surface area contributed by atoms with Crippen LogP contribution < -0.4 is 5.73 Å². The number of pyridine rings is 1. The molecule has 2 heterocycles. The summed E-state index contributed by atoms with van der Waals surface area (Å²) in [6.45, 7) is 3.37. The molecule has 4 nitrogen and oxygen atoms in total. The minimum atomic E-state index is 0.0525. The van der Waals surface area contributed by atoms with Gasteiger partial charge in [-0.3, -0.25) is 15.3 Å². The Hall–Kier alpha value is -1.42. The second-order valence-electron chi connectivity index (χ2n) is 6.80. The first-order valence-corrected chi connectivity index (χ1v) is 8.19. The molecule has 0 bridgehead atoms. The van der Waals surface area contributed by atoms with Crippen molar-refractivity contribution in [2.45, 2.75) is 51.5 Å². The van der Waals surface area contributed by atoms with E-state index >= 15 is 0 Å². The lowest BCUT2D eigenvalue weighted by Crippen LogP contribution is -2.40. The Kier molecular flexibility index (Phi) is 4.24. The fraction of sp³-hybridized carbons (Fsp3) is 0.647. The quantitative estimate of drug-likeness (QED) is 0.663. The highest BCUT2D eigenvalue weighted by Gasteiger charge is 2.35. The van der Waals surface area contributed by atoms with E-state index in [1.54, 1.807) is 6.20 Å². The number of likely N-dealkylation sites (tertiary alicyclic amines) is 1. The second-order valence-corrected chi connectivity index (χ2v) is 6.80. The molecule has 4 heteroatoms. The van der Waals surface area contributed by atoms with Gasteiger partial charge in [-0.2, -0.15) is 0 Å². The first kappa shape index (κ1) is 14.5. The molecule has 1 aliphatic carbocycles. The van der Waals surface area contributed by atoms with Gasteiger partial charge < -0.3 is 5.73 Å². The van der Waals surface area contributed by atoms with Crippen molar-refractivity contribution in [1.29, 1.82) is 5.41 Å². The third kappa shape index (κ3) is 3.43. The van der Waals surface area contributed by atoms with Gasteiger partial charge in [0.15, 0.2) is 0 Å². The van der Waals surface area contributed by atoms with Gasteiger partial charge in [0.05, 0.1) is 0 Å². The van der Waals surface area contributed by atoms with Gasteiger partial charge in [-0.1, -0.05) is 19.3 Å². The van der Waals surface area contributed by atoms with Crippen LogP contribution in [-0.4, -0.2) is 28.8 Å². The van der Waals surface area contributed by atoms with E-state index in [4.69, 9.17) is 11.1 Å². The number of nitrogens with two attached hydrogens (primary N) is 1. The molecule has 0 atom stereocenters. The van der Waals surface area contributed by atoms with Crippen molar-refractivity contribution in [3.63, 3.8) is 0 Å². The summed E-state index contributed by atoms with van der Waals surface area (Å²) in [6.07, 6.45) is 11.7. The van der Waals surface area contributed by atoms with E-state index in [1.165, 1.54) is 63.6 Å². The van der Waals surface area contributed by atoms with Crippen molar-refractivity contribution in [3.8, 4) is 0 Å². The molecule has 0 aromatic carbocycles. The topological polar surface area (TPSA) is 66.0 Å². The van der Waals surface area contributed by atoms with Crippen molar-refractivity contribution >= 4 is 5.84 Å². The SMILES string of the molecule is N=C(N)c1cc(CN2CCC3(CCCCC3)CC2)ccn1. The van der Waals surface area contributed by atoms with Gasteiger partial charge in [-0.15, -0.1) is 0 Å². The summed E-state index contributed by atoms with van der Waals surface area (Å²) in [7, 11) is 0. The Labute approximate surface area is 127 Å². The van der Waals surface area contributed by atoms with Crippen LogP contribution in [0.3, 0.4) is 0 Å². The lowest BCUT2D eigenvalue weighted by Gasteiger charge is -2.44. The summed E-state index contributed by atoms with van der Waals surface area (Å²) in [5.74, 6) is 0.0525. The summed E-state index contributed by atoms with van der Waals surface area (Å²) in [4.78, 5) is 6.67. The minimum Gasteiger partial charge on any atom is -0.382 e. The van der Waals surface area contributed by atoms with Crippen LogP contribution in [0.5, 0.6) is 0 Å².